The van der Waals surface area contributed by atoms with Crippen LogP contribution in [-0.2, 0) is 9.59 Å². The van der Waals surface area contributed by atoms with Gasteiger partial charge in [0.2, 0.25) is 11.8 Å². The highest BCUT2D eigenvalue weighted by atomic mass is 16.2. The van der Waals surface area contributed by atoms with Gasteiger partial charge in [-0.2, -0.15) is 0 Å². The molecule has 0 radical (unpaired) electrons. The normalized spacial score (nSPS) is 33.9. The largest absolute Gasteiger partial charge is 0.368 e. The van der Waals surface area contributed by atoms with E-state index in [4.69, 9.17) is 5.73 Å². The van der Waals surface area contributed by atoms with Crippen LogP contribution < -0.4 is 5.73 Å². The molecular formula is C9H14N2O2. The van der Waals surface area contributed by atoms with Crippen molar-refractivity contribution in [3.05, 3.63) is 0 Å². The monoisotopic (exact) mass is 182 g/mol. The fraction of sp³-hybridized carbons (Fsp3) is 0.778. The van der Waals surface area contributed by atoms with E-state index in [1.807, 2.05) is 0 Å². The number of hydrogen-bond donors (Lipinski definition) is 1. The Kier molecular flexibility index (Phi) is 1.62. The van der Waals surface area contributed by atoms with Gasteiger partial charge in [0.15, 0.2) is 0 Å². The summed E-state index contributed by atoms with van der Waals surface area (Å²) in [6, 6.07) is 0.285. The summed E-state index contributed by atoms with van der Waals surface area (Å²) in [6.07, 6.45) is 3.09. The zero-order valence-corrected chi connectivity index (χ0v) is 7.75. The van der Waals surface area contributed by atoms with Crippen LogP contribution >= 0.6 is 0 Å². The van der Waals surface area contributed by atoms with Crippen molar-refractivity contribution in [2.45, 2.75) is 44.2 Å². The van der Waals surface area contributed by atoms with Crippen LogP contribution in [0.15, 0.2) is 0 Å². The molecule has 4 nitrogen and oxygen atoms in total. The number of carbonyl (C=O) groups is 2. The van der Waals surface area contributed by atoms with Gasteiger partial charge < -0.3 is 10.6 Å². The third-order valence-corrected chi connectivity index (χ3v) is 3.07. The molecule has 2 rings (SSSR count). The maximum absolute atomic E-state index is 11.5. The average molecular weight is 182 g/mol. The van der Waals surface area contributed by atoms with E-state index in [0.29, 0.717) is 12.8 Å². The fourth-order valence-electron chi connectivity index (χ4n) is 2.05. The molecule has 13 heavy (non-hydrogen) atoms. The summed E-state index contributed by atoms with van der Waals surface area (Å²) in [6.45, 7) is 1.78. The minimum absolute atomic E-state index is 0.0869. The predicted octanol–water partition coefficient (Wildman–Crippen LogP) is 0.0152. The molecule has 1 heterocycles. The molecular weight excluding hydrogens is 168 g/mol. The van der Waals surface area contributed by atoms with Crippen LogP contribution in [0.3, 0.4) is 0 Å². The van der Waals surface area contributed by atoms with Crippen LogP contribution in [0.4, 0.5) is 0 Å². The summed E-state index contributed by atoms with van der Waals surface area (Å²) >= 11 is 0. The summed E-state index contributed by atoms with van der Waals surface area (Å²) in [7, 11) is 0. The average Bonchev–Trinajstić information content (AvgIpc) is 2.81. The number of carbonyl (C=O) groups excluding carboxylic acids is 2. The first-order valence-corrected chi connectivity index (χ1v) is 4.68. The van der Waals surface area contributed by atoms with Gasteiger partial charge in [-0.3, -0.25) is 9.59 Å². The second-order valence-corrected chi connectivity index (χ2v) is 4.13. The third kappa shape index (κ3) is 1.12. The molecule has 0 aromatic heterocycles. The first-order chi connectivity index (χ1) is 6.05. The van der Waals surface area contributed by atoms with E-state index in [9.17, 15) is 9.59 Å². The molecule has 4 heteroatoms. The molecule has 0 bridgehead atoms. The Balaban J connectivity index is 2.27. The molecule has 1 atom stereocenters. The number of amides is 2. The molecule has 1 aliphatic carbocycles. The van der Waals surface area contributed by atoms with Crippen molar-refractivity contribution in [2.24, 2.45) is 5.73 Å². The van der Waals surface area contributed by atoms with E-state index >= 15 is 0 Å². The zero-order chi connectivity index (χ0) is 9.64. The predicted molar refractivity (Wildman–Crippen MR) is 46.7 cm³/mol. The van der Waals surface area contributed by atoms with E-state index in [-0.39, 0.29) is 17.9 Å². The van der Waals surface area contributed by atoms with Gasteiger partial charge in [0.05, 0.1) is 0 Å². The highest BCUT2D eigenvalue weighted by molar-refractivity contribution is 5.93. The lowest BCUT2D eigenvalue weighted by Crippen LogP contribution is -2.53. The minimum atomic E-state index is -0.710. The van der Waals surface area contributed by atoms with Crippen LogP contribution in [0, 0.1) is 0 Å². The smallest absolute Gasteiger partial charge is 0.243 e. The van der Waals surface area contributed by atoms with E-state index in [0.717, 1.165) is 12.8 Å². The van der Waals surface area contributed by atoms with E-state index in [1.54, 1.807) is 11.8 Å². The van der Waals surface area contributed by atoms with Crippen LogP contribution in [0.25, 0.3) is 0 Å². The Morgan fingerprint density at radius 1 is 1.62 bits per heavy atom. The van der Waals surface area contributed by atoms with Crippen LogP contribution in [0.5, 0.6) is 0 Å². The summed E-state index contributed by atoms with van der Waals surface area (Å²) < 4.78 is 0. The Morgan fingerprint density at radius 2 is 2.23 bits per heavy atom. The molecule has 1 saturated carbocycles. The van der Waals surface area contributed by atoms with Crippen molar-refractivity contribution >= 4 is 11.8 Å². The van der Waals surface area contributed by atoms with E-state index in [2.05, 4.69) is 0 Å². The topological polar surface area (TPSA) is 63.4 Å². The van der Waals surface area contributed by atoms with E-state index in [1.165, 1.54) is 0 Å². The van der Waals surface area contributed by atoms with Gasteiger partial charge in [-0.1, -0.05) is 0 Å². The molecule has 0 aromatic rings. The Labute approximate surface area is 77.1 Å². The van der Waals surface area contributed by atoms with Crippen molar-refractivity contribution in [1.29, 1.82) is 0 Å². The molecule has 2 fully saturated rings. The van der Waals surface area contributed by atoms with Gasteiger partial charge in [-0.15, -0.1) is 0 Å². The number of rotatable bonds is 2. The molecule has 0 aromatic carbocycles. The van der Waals surface area contributed by atoms with Gasteiger partial charge in [0.1, 0.15) is 5.54 Å². The van der Waals surface area contributed by atoms with Gasteiger partial charge >= 0.3 is 0 Å². The fourth-order valence-corrected chi connectivity index (χ4v) is 2.05. The SMILES string of the molecule is C[C@@]1(C(N)=O)CCC(=O)N1C1CC1. The summed E-state index contributed by atoms with van der Waals surface area (Å²) in [5, 5.41) is 0. The third-order valence-electron chi connectivity index (χ3n) is 3.07. The first kappa shape index (κ1) is 8.53. The Morgan fingerprint density at radius 3 is 2.69 bits per heavy atom. The van der Waals surface area contributed by atoms with Crippen molar-refractivity contribution < 1.29 is 9.59 Å². The maximum Gasteiger partial charge on any atom is 0.243 e. The number of nitrogens with two attached hydrogens (primary N) is 1. The van der Waals surface area contributed by atoms with Crippen LogP contribution in [-0.4, -0.2) is 28.3 Å². The maximum atomic E-state index is 11.5. The summed E-state index contributed by atoms with van der Waals surface area (Å²) in [4.78, 5) is 24.4. The number of hydrogen-bond acceptors (Lipinski definition) is 2. The van der Waals surface area contributed by atoms with E-state index < -0.39 is 5.54 Å². The molecule has 72 valence electrons. The zero-order valence-electron chi connectivity index (χ0n) is 7.75. The Bertz CT molecular complexity index is 273. The van der Waals surface area contributed by atoms with Crippen LogP contribution in [0.2, 0.25) is 0 Å². The lowest BCUT2D eigenvalue weighted by molar-refractivity contribution is -0.139. The molecule has 0 spiro atoms. The second-order valence-electron chi connectivity index (χ2n) is 4.13. The summed E-state index contributed by atoms with van der Waals surface area (Å²) in [5.41, 5.74) is 4.61. The van der Waals surface area contributed by atoms with Gasteiger partial charge in [0.25, 0.3) is 0 Å². The molecule has 1 saturated heterocycles. The number of primary amides is 1. The molecule has 0 unspecified atom stereocenters. The number of nitrogens with zero attached hydrogens (tertiary/aromatic N) is 1. The standard InChI is InChI=1S/C9H14N2O2/c1-9(8(10)13)5-4-7(12)11(9)6-2-3-6/h6H,2-5H2,1H3,(H2,10,13)/t9-/m0/s1. The lowest BCUT2D eigenvalue weighted by atomic mass is 9.98. The van der Waals surface area contributed by atoms with Crippen molar-refractivity contribution in [1.82, 2.24) is 4.90 Å². The van der Waals surface area contributed by atoms with Crippen molar-refractivity contribution in [3.8, 4) is 0 Å². The van der Waals surface area contributed by atoms with Gasteiger partial charge in [-0.25, -0.2) is 0 Å². The Hall–Kier alpha value is -1.06. The first-order valence-electron chi connectivity index (χ1n) is 4.68. The van der Waals surface area contributed by atoms with Crippen molar-refractivity contribution in [3.63, 3.8) is 0 Å². The highest BCUT2D eigenvalue weighted by Crippen LogP contribution is 2.39. The minimum Gasteiger partial charge on any atom is -0.368 e. The quantitative estimate of drug-likeness (QED) is 0.654. The highest BCUT2D eigenvalue weighted by Gasteiger charge is 2.51. The molecule has 1 aliphatic heterocycles. The lowest BCUT2D eigenvalue weighted by Gasteiger charge is -2.32. The van der Waals surface area contributed by atoms with Gasteiger partial charge in [-0.05, 0) is 26.2 Å². The molecule has 2 amide bonds. The van der Waals surface area contributed by atoms with Crippen LogP contribution in [0.1, 0.15) is 32.6 Å². The second kappa shape index (κ2) is 2.47. The summed E-state index contributed by atoms with van der Waals surface area (Å²) in [5.74, 6) is -0.283. The van der Waals surface area contributed by atoms with Crippen molar-refractivity contribution in [2.75, 3.05) is 0 Å². The molecule has 2 N–H and O–H groups in total. The van der Waals surface area contributed by atoms with Gasteiger partial charge in [0, 0.05) is 12.5 Å². The number of likely N-dealkylation sites (tertiary alicyclic amines) is 1. The molecule has 2 aliphatic rings.